The summed E-state index contributed by atoms with van der Waals surface area (Å²) in [5.74, 6) is 1.07. The van der Waals surface area contributed by atoms with Crippen molar-refractivity contribution in [1.82, 2.24) is 0 Å². The third kappa shape index (κ3) is 3.72. The molecule has 0 saturated carbocycles. The Labute approximate surface area is 93.5 Å². The van der Waals surface area contributed by atoms with E-state index in [2.05, 4.69) is 0 Å². The largest absolute Gasteiger partial charge is 0.496 e. The van der Waals surface area contributed by atoms with Gasteiger partial charge in [0, 0.05) is 16.6 Å². The van der Waals surface area contributed by atoms with E-state index < -0.39 is 0 Å². The molecule has 1 aromatic carbocycles. The smallest absolute Gasteiger partial charge is 0.123 e. The van der Waals surface area contributed by atoms with Crippen LogP contribution >= 0.6 is 11.8 Å². The molecule has 0 spiro atoms. The molecule has 4 heteroatoms. The normalized spacial score (nSPS) is 12.5. The van der Waals surface area contributed by atoms with Crippen molar-refractivity contribution in [2.45, 2.75) is 17.9 Å². The van der Waals surface area contributed by atoms with Gasteiger partial charge in [-0.3, -0.25) is 0 Å². The van der Waals surface area contributed by atoms with Crippen LogP contribution in [-0.4, -0.2) is 24.1 Å². The number of ether oxygens (including phenoxy) is 1. The topological polar surface area (TPSA) is 29.5 Å². The van der Waals surface area contributed by atoms with E-state index in [1.54, 1.807) is 24.9 Å². The van der Waals surface area contributed by atoms with Gasteiger partial charge in [-0.25, -0.2) is 4.39 Å². The van der Waals surface area contributed by atoms with Gasteiger partial charge in [-0.15, -0.1) is 0 Å². The second-order valence-corrected chi connectivity index (χ2v) is 4.69. The minimum absolute atomic E-state index is 0.127. The second kappa shape index (κ2) is 5.98. The third-order valence-electron chi connectivity index (χ3n) is 2.02. The van der Waals surface area contributed by atoms with Gasteiger partial charge in [0.2, 0.25) is 0 Å². The highest BCUT2D eigenvalue weighted by atomic mass is 32.2. The predicted molar refractivity (Wildman–Crippen MR) is 60.8 cm³/mol. The molecule has 0 heterocycles. The van der Waals surface area contributed by atoms with Crippen molar-refractivity contribution >= 4 is 11.8 Å². The molecule has 0 saturated heterocycles. The minimum Gasteiger partial charge on any atom is -0.496 e. The SMILES string of the molecule is COc1ccc(F)cc1CSC(C)CO. The van der Waals surface area contributed by atoms with Gasteiger partial charge < -0.3 is 9.84 Å². The number of methoxy groups -OCH3 is 1. The fourth-order valence-corrected chi connectivity index (χ4v) is 1.94. The Morgan fingerprint density at radius 2 is 2.27 bits per heavy atom. The molecule has 0 fully saturated rings. The van der Waals surface area contributed by atoms with Gasteiger partial charge in [0.25, 0.3) is 0 Å². The van der Waals surface area contributed by atoms with Crippen LogP contribution in [0.4, 0.5) is 4.39 Å². The number of benzene rings is 1. The average Bonchev–Trinajstić information content (AvgIpc) is 2.26. The van der Waals surface area contributed by atoms with Crippen LogP contribution in [-0.2, 0) is 5.75 Å². The van der Waals surface area contributed by atoms with E-state index in [0.717, 1.165) is 5.56 Å². The Morgan fingerprint density at radius 1 is 1.53 bits per heavy atom. The Balaban J connectivity index is 2.69. The molecule has 1 rings (SSSR count). The Hall–Kier alpha value is -0.740. The zero-order valence-corrected chi connectivity index (χ0v) is 9.68. The molecule has 1 aromatic rings. The van der Waals surface area contributed by atoms with E-state index in [1.807, 2.05) is 6.92 Å². The van der Waals surface area contributed by atoms with Crippen molar-refractivity contribution in [3.05, 3.63) is 29.6 Å². The molecular formula is C11H15FO2S. The summed E-state index contributed by atoms with van der Waals surface area (Å²) in [6.07, 6.45) is 0. The average molecular weight is 230 g/mol. The van der Waals surface area contributed by atoms with Gasteiger partial charge in [-0.2, -0.15) is 11.8 Å². The lowest BCUT2D eigenvalue weighted by Crippen LogP contribution is -2.03. The Kier molecular flexibility index (Phi) is 4.91. The maximum atomic E-state index is 13.0. The molecule has 1 N–H and O–H groups in total. The lowest BCUT2D eigenvalue weighted by molar-refractivity contribution is 0.300. The predicted octanol–water partition coefficient (Wildman–Crippen LogP) is 2.45. The van der Waals surface area contributed by atoms with Crippen molar-refractivity contribution in [2.75, 3.05) is 13.7 Å². The van der Waals surface area contributed by atoms with Crippen molar-refractivity contribution < 1.29 is 14.2 Å². The van der Waals surface area contributed by atoms with E-state index in [9.17, 15) is 4.39 Å². The van der Waals surface area contributed by atoms with Crippen molar-refractivity contribution in [1.29, 1.82) is 0 Å². The number of aliphatic hydroxyl groups excluding tert-OH is 1. The zero-order chi connectivity index (χ0) is 11.3. The van der Waals surface area contributed by atoms with Crippen LogP contribution in [0.5, 0.6) is 5.75 Å². The van der Waals surface area contributed by atoms with Crippen LogP contribution < -0.4 is 4.74 Å². The summed E-state index contributed by atoms with van der Waals surface area (Å²) in [4.78, 5) is 0. The number of thioether (sulfide) groups is 1. The van der Waals surface area contributed by atoms with Crippen molar-refractivity contribution in [2.24, 2.45) is 0 Å². The van der Waals surface area contributed by atoms with E-state index in [4.69, 9.17) is 9.84 Å². The summed E-state index contributed by atoms with van der Waals surface area (Å²) in [5, 5.41) is 9.02. The van der Waals surface area contributed by atoms with Crippen LogP contribution in [0.15, 0.2) is 18.2 Å². The summed E-state index contributed by atoms with van der Waals surface area (Å²) < 4.78 is 18.1. The van der Waals surface area contributed by atoms with Crippen LogP contribution in [0, 0.1) is 5.82 Å². The summed E-state index contributed by atoms with van der Waals surface area (Å²) in [6, 6.07) is 4.47. The van der Waals surface area contributed by atoms with Gasteiger partial charge in [-0.05, 0) is 18.2 Å². The number of rotatable bonds is 5. The fourth-order valence-electron chi connectivity index (χ4n) is 1.14. The Morgan fingerprint density at radius 3 is 2.87 bits per heavy atom. The second-order valence-electron chi connectivity index (χ2n) is 3.26. The standard InChI is InChI=1S/C11H15FO2S/c1-8(6-13)15-7-9-5-10(12)3-4-11(9)14-2/h3-5,8,13H,6-7H2,1-2H3. The lowest BCUT2D eigenvalue weighted by atomic mass is 10.2. The molecule has 1 atom stereocenters. The van der Waals surface area contributed by atoms with Crippen LogP contribution in [0.3, 0.4) is 0 Å². The van der Waals surface area contributed by atoms with E-state index in [1.165, 1.54) is 12.1 Å². The van der Waals surface area contributed by atoms with Gasteiger partial charge in [0.15, 0.2) is 0 Å². The van der Waals surface area contributed by atoms with Crippen LogP contribution in [0.2, 0.25) is 0 Å². The molecular weight excluding hydrogens is 215 g/mol. The highest BCUT2D eigenvalue weighted by molar-refractivity contribution is 7.99. The van der Waals surface area contributed by atoms with E-state index in [-0.39, 0.29) is 17.7 Å². The quantitative estimate of drug-likeness (QED) is 0.842. The first-order chi connectivity index (χ1) is 7.17. The maximum Gasteiger partial charge on any atom is 0.123 e. The first-order valence-electron chi connectivity index (χ1n) is 4.72. The highest BCUT2D eigenvalue weighted by Gasteiger charge is 2.07. The summed E-state index contributed by atoms with van der Waals surface area (Å²) in [6.45, 7) is 2.05. The van der Waals surface area contributed by atoms with Gasteiger partial charge in [0.05, 0.1) is 13.7 Å². The number of aliphatic hydroxyl groups is 1. The molecule has 0 aromatic heterocycles. The van der Waals surface area contributed by atoms with E-state index in [0.29, 0.717) is 11.5 Å². The van der Waals surface area contributed by atoms with Crippen LogP contribution in [0.1, 0.15) is 12.5 Å². The summed E-state index contributed by atoms with van der Waals surface area (Å²) in [7, 11) is 1.57. The van der Waals surface area contributed by atoms with Gasteiger partial charge in [-0.1, -0.05) is 6.92 Å². The fraction of sp³-hybridized carbons (Fsp3) is 0.455. The zero-order valence-electron chi connectivity index (χ0n) is 8.87. The Bertz CT molecular complexity index is 317. The number of hydrogen-bond donors (Lipinski definition) is 1. The lowest BCUT2D eigenvalue weighted by Gasteiger charge is -2.10. The van der Waals surface area contributed by atoms with E-state index >= 15 is 0 Å². The molecule has 0 aliphatic heterocycles. The van der Waals surface area contributed by atoms with Crippen molar-refractivity contribution in [3.63, 3.8) is 0 Å². The summed E-state index contributed by atoms with van der Waals surface area (Å²) >= 11 is 1.57. The number of hydrogen-bond acceptors (Lipinski definition) is 3. The first-order valence-corrected chi connectivity index (χ1v) is 5.77. The van der Waals surface area contributed by atoms with Gasteiger partial charge >= 0.3 is 0 Å². The first kappa shape index (κ1) is 12.3. The molecule has 1 unspecified atom stereocenters. The molecule has 0 aliphatic rings. The number of halogens is 1. The summed E-state index contributed by atoms with van der Waals surface area (Å²) in [5.41, 5.74) is 0.822. The molecule has 84 valence electrons. The molecule has 0 amide bonds. The maximum absolute atomic E-state index is 13.0. The molecule has 0 radical (unpaired) electrons. The monoisotopic (exact) mass is 230 g/mol. The molecule has 15 heavy (non-hydrogen) atoms. The minimum atomic E-state index is -0.261. The van der Waals surface area contributed by atoms with Gasteiger partial charge in [0.1, 0.15) is 11.6 Å². The molecule has 2 nitrogen and oxygen atoms in total. The van der Waals surface area contributed by atoms with Crippen molar-refractivity contribution in [3.8, 4) is 5.75 Å². The highest BCUT2D eigenvalue weighted by Crippen LogP contribution is 2.25. The molecule has 0 bridgehead atoms. The van der Waals surface area contributed by atoms with Crippen LogP contribution in [0.25, 0.3) is 0 Å². The molecule has 0 aliphatic carbocycles. The third-order valence-corrected chi connectivity index (χ3v) is 3.22.